The Morgan fingerprint density at radius 1 is 1.43 bits per heavy atom. The molecule has 0 fully saturated rings. The maximum atomic E-state index is 14.0. The molecule has 2 aliphatic rings. The number of carboxylic acid groups (broad SMARTS) is 1. The minimum atomic E-state index is -1.20. The van der Waals surface area contributed by atoms with E-state index in [4.69, 9.17) is 0 Å². The van der Waals surface area contributed by atoms with Gasteiger partial charge in [0.15, 0.2) is 5.43 Å². The monoisotopic (exact) mass is 356 g/mol. The van der Waals surface area contributed by atoms with E-state index in [0.717, 1.165) is 18.6 Å². The topological polar surface area (TPSA) is 71.3 Å². The lowest BCUT2D eigenvalue weighted by molar-refractivity contribution is 0.0696. The number of aromatic carboxylic acids is 1. The first-order chi connectivity index (χ1) is 9.99. The summed E-state index contributed by atoms with van der Waals surface area (Å²) in [4.78, 5) is 23.0. The van der Waals surface area contributed by atoms with E-state index in [2.05, 4.69) is 21.4 Å². The quantitative estimate of drug-likeness (QED) is 0.808. The molecular weight excluding hydrogens is 343 g/mol. The van der Waals surface area contributed by atoms with E-state index in [1.807, 2.05) is 6.92 Å². The summed E-state index contributed by atoms with van der Waals surface area (Å²) in [5.74, 6) is -1.93. The Labute approximate surface area is 128 Å². The normalized spacial score (nSPS) is 10.8. The first-order valence-corrected chi connectivity index (χ1v) is 7.52. The third-order valence-electron chi connectivity index (χ3n) is 3.08. The molecule has 112 valence electrons. The number of rotatable bonds is 5. The van der Waals surface area contributed by atoms with Gasteiger partial charge in [0.05, 0.1) is 11.3 Å². The molecule has 0 spiro atoms. The average molecular weight is 357 g/mol. The summed E-state index contributed by atoms with van der Waals surface area (Å²) in [6.45, 7) is 2.57. The number of fused-ring (bicyclic) bond motifs is 1. The number of hydrogen-bond acceptors (Lipinski definition) is 3. The predicted octanol–water partition coefficient (Wildman–Crippen LogP) is 2.64. The summed E-state index contributed by atoms with van der Waals surface area (Å²) in [5, 5.41) is 9.70. The lowest BCUT2D eigenvalue weighted by Crippen LogP contribution is -2.24. The fourth-order valence-corrected chi connectivity index (χ4v) is 2.71. The molecule has 2 rings (SSSR count). The van der Waals surface area contributed by atoms with Crippen molar-refractivity contribution in [2.75, 3.05) is 12.0 Å². The van der Waals surface area contributed by atoms with Crippen LogP contribution < -0.4 is 10.9 Å². The molecule has 1 heterocycles. The van der Waals surface area contributed by atoms with Crippen molar-refractivity contribution in [3.63, 3.8) is 0 Å². The highest BCUT2D eigenvalue weighted by molar-refractivity contribution is 9.08. The predicted molar refractivity (Wildman–Crippen MR) is 81.4 cm³/mol. The van der Waals surface area contributed by atoms with Crippen molar-refractivity contribution in [2.24, 2.45) is 0 Å². The summed E-state index contributed by atoms with van der Waals surface area (Å²) in [6, 6.07) is 2.00. The minimum Gasteiger partial charge on any atom is -0.478 e. The van der Waals surface area contributed by atoms with E-state index in [1.165, 1.54) is 10.9 Å². The zero-order chi connectivity index (χ0) is 15.6. The fourth-order valence-electron chi connectivity index (χ4n) is 2.16. The number of hydrogen-bond donors (Lipinski definition) is 2. The van der Waals surface area contributed by atoms with Gasteiger partial charge in [0, 0.05) is 35.3 Å². The van der Waals surface area contributed by atoms with Crippen molar-refractivity contribution in [3.05, 3.63) is 45.6 Å². The van der Waals surface area contributed by atoms with Crippen LogP contribution in [0.2, 0.25) is 0 Å². The molecule has 0 atom stereocenters. The first kappa shape index (κ1) is 15.5. The van der Waals surface area contributed by atoms with Gasteiger partial charge < -0.3 is 10.5 Å². The van der Waals surface area contributed by atoms with Gasteiger partial charge >= 0.3 is 5.97 Å². The van der Waals surface area contributed by atoms with Gasteiger partial charge in [0.1, 0.15) is 5.82 Å². The molecule has 0 saturated heterocycles. The van der Waals surface area contributed by atoms with E-state index in [-0.39, 0.29) is 22.0 Å². The third kappa shape index (κ3) is 2.92. The SMILES string of the molecule is CCCNn1cc2c(F)cc(=O)cc-2c(C(=O)O)c1CBr. The van der Waals surface area contributed by atoms with Crippen LogP contribution in [0.25, 0.3) is 11.1 Å². The van der Waals surface area contributed by atoms with E-state index in [9.17, 15) is 19.1 Å². The Kier molecular flexibility index (Phi) is 4.62. The molecule has 0 radical (unpaired) electrons. The Bertz CT molecular complexity index is 714. The van der Waals surface area contributed by atoms with Gasteiger partial charge in [-0.2, -0.15) is 0 Å². The van der Waals surface area contributed by atoms with E-state index in [0.29, 0.717) is 12.2 Å². The van der Waals surface area contributed by atoms with Gasteiger partial charge in [-0.25, -0.2) is 9.18 Å². The van der Waals surface area contributed by atoms with E-state index < -0.39 is 17.2 Å². The number of nitrogens with one attached hydrogen (secondary N) is 1. The van der Waals surface area contributed by atoms with Crippen molar-refractivity contribution in [3.8, 4) is 11.1 Å². The summed E-state index contributed by atoms with van der Waals surface area (Å²) in [5.41, 5.74) is 3.02. The Morgan fingerprint density at radius 2 is 2.14 bits per heavy atom. The molecule has 5 nitrogen and oxygen atoms in total. The number of aromatic nitrogens is 1. The van der Waals surface area contributed by atoms with Crippen LogP contribution in [-0.4, -0.2) is 22.3 Å². The van der Waals surface area contributed by atoms with Crippen molar-refractivity contribution in [1.29, 1.82) is 0 Å². The molecule has 1 aliphatic heterocycles. The maximum absolute atomic E-state index is 14.0. The average Bonchev–Trinajstić information content (AvgIpc) is 2.43. The van der Waals surface area contributed by atoms with Crippen LogP contribution in [0.3, 0.4) is 0 Å². The van der Waals surface area contributed by atoms with Gasteiger partial charge in [0.25, 0.3) is 0 Å². The van der Waals surface area contributed by atoms with Gasteiger partial charge in [-0.15, -0.1) is 0 Å². The van der Waals surface area contributed by atoms with Crippen LogP contribution in [0, 0.1) is 5.82 Å². The molecule has 0 aromatic carbocycles. The van der Waals surface area contributed by atoms with Crippen LogP contribution in [0.1, 0.15) is 29.4 Å². The Hall–Kier alpha value is -1.89. The summed E-state index contributed by atoms with van der Waals surface area (Å²) >= 11 is 3.25. The van der Waals surface area contributed by atoms with Crippen LogP contribution in [0.5, 0.6) is 0 Å². The van der Waals surface area contributed by atoms with Gasteiger partial charge in [0.2, 0.25) is 0 Å². The lowest BCUT2D eigenvalue weighted by atomic mass is 9.97. The number of carboxylic acids is 1. The summed E-state index contributed by atoms with van der Waals surface area (Å²) < 4.78 is 15.5. The van der Waals surface area contributed by atoms with Crippen molar-refractivity contribution in [2.45, 2.75) is 18.7 Å². The Morgan fingerprint density at radius 3 is 2.71 bits per heavy atom. The smallest absolute Gasteiger partial charge is 0.338 e. The number of nitrogens with zero attached hydrogens (tertiary/aromatic N) is 1. The molecule has 0 bridgehead atoms. The summed E-state index contributed by atoms with van der Waals surface area (Å²) in [6.07, 6.45) is 2.31. The molecule has 1 aliphatic carbocycles. The second kappa shape index (κ2) is 6.26. The molecule has 0 amide bonds. The van der Waals surface area contributed by atoms with Gasteiger partial charge in [-0.1, -0.05) is 22.9 Å². The van der Waals surface area contributed by atoms with E-state index in [1.54, 1.807) is 0 Å². The third-order valence-corrected chi connectivity index (χ3v) is 3.61. The highest BCUT2D eigenvalue weighted by Crippen LogP contribution is 2.30. The Balaban J connectivity index is 2.84. The van der Waals surface area contributed by atoms with Crippen LogP contribution in [0.4, 0.5) is 4.39 Å². The highest BCUT2D eigenvalue weighted by atomic mass is 79.9. The number of pyridine rings is 1. The largest absolute Gasteiger partial charge is 0.478 e. The fraction of sp³-hybridized carbons (Fsp3) is 0.286. The number of alkyl halides is 1. The lowest BCUT2D eigenvalue weighted by Gasteiger charge is -2.21. The van der Waals surface area contributed by atoms with Gasteiger partial charge in [-0.3, -0.25) is 9.47 Å². The molecule has 0 saturated carbocycles. The maximum Gasteiger partial charge on any atom is 0.338 e. The summed E-state index contributed by atoms with van der Waals surface area (Å²) in [7, 11) is 0. The highest BCUT2D eigenvalue weighted by Gasteiger charge is 2.24. The zero-order valence-corrected chi connectivity index (χ0v) is 12.9. The molecule has 0 aromatic rings. The van der Waals surface area contributed by atoms with Gasteiger partial charge in [-0.05, 0) is 12.5 Å². The molecule has 2 N–H and O–H groups in total. The molecule has 21 heavy (non-hydrogen) atoms. The molecule has 7 heteroatoms. The standard InChI is InChI=1S/C14H14BrFN2O3/c1-2-3-17-18-7-10-9(4-8(19)5-11(10)16)13(14(20)21)12(18)6-15/h4-5,7,17H,2-3,6H2,1H3,(H,20,21). The van der Waals surface area contributed by atoms with Crippen LogP contribution in [-0.2, 0) is 5.33 Å². The second-order valence-electron chi connectivity index (χ2n) is 4.53. The number of carbonyl (C=O) groups is 1. The molecule has 0 unspecified atom stereocenters. The minimum absolute atomic E-state index is 0.0791. The van der Waals surface area contributed by atoms with Crippen molar-refractivity contribution < 1.29 is 14.3 Å². The first-order valence-electron chi connectivity index (χ1n) is 6.40. The number of benzene rings is 1. The van der Waals surface area contributed by atoms with Crippen molar-refractivity contribution >= 4 is 21.9 Å². The van der Waals surface area contributed by atoms with Crippen molar-refractivity contribution in [1.82, 2.24) is 4.68 Å². The molecule has 0 aromatic heterocycles. The second-order valence-corrected chi connectivity index (χ2v) is 5.09. The van der Waals surface area contributed by atoms with Crippen LogP contribution >= 0.6 is 15.9 Å². The van der Waals surface area contributed by atoms with Crippen LogP contribution in [0.15, 0.2) is 23.1 Å². The number of halogens is 2. The zero-order valence-electron chi connectivity index (χ0n) is 11.3. The molecular formula is C14H14BrFN2O3. The van der Waals surface area contributed by atoms with E-state index >= 15 is 0 Å².